The summed E-state index contributed by atoms with van der Waals surface area (Å²) in [5.41, 5.74) is 11.2. The minimum atomic E-state index is -0.937. The van der Waals surface area contributed by atoms with E-state index >= 15 is 0 Å². The molecule has 0 aliphatic carbocycles. The number of aliphatic hydroxyl groups is 1. The van der Waals surface area contributed by atoms with Gasteiger partial charge in [0.25, 0.3) is 27.2 Å². The van der Waals surface area contributed by atoms with Crippen molar-refractivity contribution in [2.45, 2.75) is 40.0 Å². The van der Waals surface area contributed by atoms with E-state index in [1.54, 1.807) is 13.8 Å². The van der Waals surface area contributed by atoms with E-state index in [9.17, 15) is 24.0 Å². The summed E-state index contributed by atoms with van der Waals surface area (Å²) in [6.07, 6.45) is -0.459. The zero-order valence-electron chi connectivity index (χ0n) is 27.2. The van der Waals surface area contributed by atoms with Crippen LogP contribution in [-0.4, -0.2) is 114 Å². The first-order valence-electron chi connectivity index (χ1n) is 14.2. The first-order chi connectivity index (χ1) is 23.4. The van der Waals surface area contributed by atoms with Gasteiger partial charge in [-0.25, -0.2) is 25.0 Å². The predicted octanol–water partition coefficient (Wildman–Crippen LogP) is -3.20. The lowest BCUT2D eigenvalue weighted by Crippen LogP contribution is -2.40. The van der Waals surface area contributed by atoms with Gasteiger partial charge in [-0.15, -0.1) is 0 Å². The normalized spacial score (nSPS) is 10.0. The highest BCUT2D eigenvalue weighted by Crippen LogP contribution is 2.04. The van der Waals surface area contributed by atoms with Crippen LogP contribution in [0.3, 0.4) is 0 Å². The third-order valence-corrected chi connectivity index (χ3v) is 5.29. The Kier molecular flexibility index (Phi) is 24.9. The maximum Gasteiger partial charge on any atom is 0.389 e. The number of carbonyl (C=O) groups excluding carboxylic acids is 3. The zero-order chi connectivity index (χ0) is 37.0. The molecule has 0 unspecified atom stereocenters. The second-order valence-electron chi connectivity index (χ2n) is 8.83. The van der Waals surface area contributed by atoms with Crippen LogP contribution >= 0.6 is 0 Å². The van der Waals surface area contributed by atoms with E-state index in [-0.39, 0.29) is 70.3 Å². The Morgan fingerprint density at radius 1 is 0.898 bits per heavy atom. The molecule has 0 atom stereocenters. The molecule has 0 saturated heterocycles. The Morgan fingerprint density at radius 2 is 1.51 bits per heavy atom. The van der Waals surface area contributed by atoms with Crippen molar-refractivity contribution in [3.8, 4) is 0 Å². The van der Waals surface area contributed by atoms with Gasteiger partial charge in [0.2, 0.25) is 11.9 Å². The summed E-state index contributed by atoms with van der Waals surface area (Å²) in [4.78, 5) is 79.3. The van der Waals surface area contributed by atoms with Crippen molar-refractivity contribution in [2.24, 2.45) is 0 Å². The third kappa shape index (κ3) is 21.1. The zero-order valence-corrected chi connectivity index (χ0v) is 27.2. The van der Waals surface area contributed by atoms with Crippen LogP contribution in [0.2, 0.25) is 0 Å². The number of urea groups is 1. The second-order valence-corrected chi connectivity index (χ2v) is 8.83. The molecular weight excluding hydrogens is 653 g/mol. The Balaban J connectivity index is 0.000000982. The lowest BCUT2D eigenvalue weighted by molar-refractivity contribution is -0.144. The van der Waals surface area contributed by atoms with Gasteiger partial charge in [-0.05, 0) is 13.8 Å². The van der Waals surface area contributed by atoms with Gasteiger partial charge in [-0.2, -0.15) is 5.48 Å². The van der Waals surface area contributed by atoms with Gasteiger partial charge in [-0.3, -0.25) is 39.3 Å². The summed E-state index contributed by atoms with van der Waals surface area (Å²) < 4.78 is 17.1. The number of ether oxygens (including phenoxy) is 1. The van der Waals surface area contributed by atoms with Crippen molar-refractivity contribution >= 4 is 54.1 Å². The molecule has 2 heterocycles. The van der Waals surface area contributed by atoms with E-state index in [1.165, 1.54) is 0 Å². The number of aryl methyl sites for hydroxylation is 2. The molecule has 0 aromatic carbocycles. The number of aliphatic hydroxyl groups excluding tert-OH is 1. The molecule has 0 aliphatic rings. The smallest absolute Gasteiger partial charge is 0.389 e. The standard InChI is InChI=1S/C14H20B2N6O8.C7H11N3O2.C3H8BNO2/c1-8-9(3-5-27-10(23)2-4-19-29-7-28-15)11(24)21-12(20-8)22-13(25)17-6-18-14(26)30-16;1-4-5(2-3-11)6(12)10-7(8)9-4;1-2-5-7-3-6-4/h19H,2-7H2,1H3,(H,18,26)(H3,17,20,21,22,24,25);11H,2-3H2,1H3,(H3,8,9,10,12);5H,2-3H2,1H3. The van der Waals surface area contributed by atoms with Gasteiger partial charge in [0.15, 0.2) is 13.6 Å². The van der Waals surface area contributed by atoms with Crippen LogP contribution in [0.5, 0.6) is 0 Å². The predicted molar refractivity (Wildman–Crippen MR) is 173 cm³/mol. The maximum atomic E-state index is 12.2. The molecule has 49 heavy (non-hydrogen) atoms. The number of nitrogens with zero attached hydrogens (tertiary/aromatic N) is 2. The topological polar surface area (TPSA) is 304 Å². The second kappa shape index (κ2) is 27.4. The Morgan fingerprint density at radius 3 is 2.08 bits per heavy atom. The number of hydrogen-bond acceptors (Lipinski definition) is 17. The van der Waals surface area contributed by atoms with E-state index in [2.05, 4.69) is 81.7 Å². The highest BCUT2D eigenvalue weighted by atomic mass is 16.7. The van der Waals surface area contributed by atoms with E-state index in [1.807, 2.05) is 6.92 Å². The number of carbonyl (C=O) groups is 3. The van der Waals surface area contributed by atoms with Gasteiger partial charge < -0.3 is 40.2 Å². The number of aromatic nitrogens is 4. The van der Waals surface area contributed by atoms with Crippen molar-refractivity contribution in [3.63, 3.8) is 0 Å². The fourth-order valence-corrected chi connectivity index (χ4v) is 3.21. The number of H-pyrrole nitrogens is 2. The minimum absolute atomic E-state index is 0.0344. The summed E-state index contributed by atoms with van der Waals surface area (Å²) in [6.45, 7) is 5.67. The molecule has 22 nitrogen and oxygen atoms in total. The summed E-state index contributed by atoms with van der Waals surface area (Å²) in [6, 6.07) is -0.743. The molecule has 2 aromatic rings. The van der Waals surface area contributed by atoms with Gasteiger partial charge in [0.05, 0.1) is 31.1 Å². The Hall–Kier alpha value is -4.52. The van der Waals surface area contributed by atoms with Crippen LogP contribution in [0.15, 0.2) is 9.59 Å². The lowest BCUT2D eigenvalue weighted by atomic mass is 10.2. The highest BCUT2D eigenvalue weighted by molar-refractivity contribution is 6.05. The number of rotatable bonds is 18. The number of hydrogen-bond donors (Lipinski definition) is 9. The molecule has 0 aliphatic heterocycles. The molecule has 0 spiro atoms. The van der Waals surface area contributed by atoms with Crippen molar-refractivity contribution < 1.29 is 47.9 Å². The van der Waals surface area contributed by atoms with Crippen LogP contribution in [0, 0.1) is 13.8 Å². The van der Waals surface area contributed by atoms with E-state index in [4.69, 9.17) is 28.5 Å². The first-order valence-corrected chi connectivity index (χ1v) is 14.2. The van der Waals surface area contributed by atoms with Crippen molar-refractivity contribution in [1.29, 1.82) is 0 Å². The van der Waals surface area contributed by atoms with E-state index < -0.39 is 23.7 Å². The van der Waals surface area contributed by atoms with Crippen LogP contribution in [0.4, 0.5) is 21.5 Å². The quantitative estimate of drug-likeness (QED) is 0.0244. The van der Waals surface area contributed by atoms with E-state index in [0.717, 1.165) is 6.54 Å². The number of nitrogens with one attached hydrogen (secondary N) is 7. The molecular formula is C24H39B3N10O12. The number of aromatic amines is 2. The molecule has 25 heteroatoms. The maximum absolute atomic E-state index is 12.2. The summed E-state index contributed by atoms with van der Waals surface area (Å²) >= 11 is 0. The number of esters is 1. The van der Waals surface area contributed by atoms with Crippen LogP contribution in [0.25, 0.3) is 0 Å². The summed E-state index contributed by atoms with van der Waals surface area (Å²) in [7, 11) is 14.0. The Labute approximate surface area is 284 Å². The minimum Gasteiger partial charge on any atom is -0.528 e. The molecule has 3 amide bonds. The highest BCUT2D eigenvalue weighted by Gasteiger charge is 2.12. The van der Waals surface area contributed by atoms with Crippen molar-refractivity contribution in [3.05, 3.63) is 43.2 Å². The molecule has 266 valence electrons. The molecule has 0 bridgehead atoms. The molecule has 0 fully saturated rings. The first kappa shape index (κ1) is 44.5. The molecule has 0 saturated carbocycles. The average molecular weight is 692 g/mol. The van der Waals surface area contributed by atoms with Crippen LogP contribution < -0.4 is 43.8 Å². The van der Waals surface area contributed by atoms with Gasteiger partial charge in [-0.1, -0.05) is 6.92 Å². The number of anilines is 2. The lowest BCUT2D eigenvalue weighted by Gasteiger charge is -2.10. The fourth-order valence-electron chi connectivity index (χ4n) is 3.21. The molecule has 2 aromatic heterocycles. The van der Waals surface area contributed by atoms with Gasteiger partial charge >= 0.3 is 26.1 Å². The fraction of sp³-hybridized carbons (Fsp3) is 0.542. The molecule has 6 radical (unpaired) electrons. The monoisotopic (exact) mass is 692 g/mol. The number of amides is 3. The summed E-state index contributed by atoms with van der Waals surface area (Å²) in [5, 5.41) is 15.3. The SMILES string of the molecule is Cc1nc(N)[nH]c(=O)c1CCO.[B]OCONCC.[B]OCONCCC(=O)OCCc1c(C)nc(NC(=O)NCNC(=O)O[B])[nH]c1=O. The average Bonchev–Trinajstić information content (AvgIpc) is 3.04. The number of nitrogen functional groups attached to an aromatic ring is 1. The van der Waals surface area contributed by atoms with Crippen LogP contribution in [-0.2, 0) is 46.0 Å². The molecule has 2 rings (SSSR count). The number of nitrogens with two attached hydrogens (primary N) is 1. The van der Waals surface area contributed by atoms with Crippen LogP contribution in [0.1, 0.15) is 35.9 Å². The summed E-state index contributed by atoms with van der Waals surface area (Å²) in [5.74, 6) is -0.493. The Bertz CT molecular complexity index is 1380. The van der Waals surface area contributed by atoms with Gasteiger partial charge in [0, 0.05) is 43.7 Å². The van der Waals surface area contributed by atoms with Gasteiger partial charge in [0.1, 0.15) is 0 Å². The third-order valence-electron chi connectivity index (χ3n) is 5.29. The van der Waals surface area contributed by atoms with E-state index in [0.29, 0.717) is 28.9 Å². The number of hydroxylamine groups is 2. The van der Waals surface area contributed by atoms with Crippen molar-refractivity contribution in [1.82, 2.24) is 41.5 Å². The van der Waals surface area contributed by atoms with Crippen molar-refractivity contribution in [2.75, 3.05) is 57.6 Å². The largest absolute Gasteiger partial charge is 0.528 e. The molecule has 10 N–H and O–H groups in total.